The van der Waals surface area contributed by atoms with Gasteiger partial charge in [-0.1, -0.05) is 0 Å². The Morgan fingerprint density at radius 2 is 1.81 bits per heavy atom. The maximum absolute atomic E-state index is 11.4. The standard InChI is InChI=1S/C19H16N4O4/c1-13(25)20-15-9-16(11-17(10-15)22-6-2-3-7-22)21-18-5-4-14(12-24)8-19(18)23(26)27/h2-12,21H,1H3,(H,20,25). The second-order valence-electron chi connectivity index (χ2n) is 5.82. The highest BCUT2D eigenvalue weighted by atomic mass is 16.6. The number of hydrogen-bond donors (Lipinski definition) is 2. The van der Waals surface area contributed by atoms with Crippen LogP contribution in [-0.4, -0.2) is 21.7 Å². The van der Waals surface area contributed by atoms with Gasteiger partial charge in [-0.25, -0.2) is 0 Å². The van der Waals surface area contributed by atoms with Crippen molar-refractivity contribution < 1.29 is 14.5 Å². The van der Waals surface area contributed by atoms with Crippen LogP contribution in [0, 0.1) is 10.1 Å². The molecular formula is C19H16N4O4. The molecule has 3 rings (SSSR count). The van der Waals surface area contributed by atoms with Gasteiger partial charge >= 0.3 is 0 Å². The molecule has 0 radical (unpaired) electrons. The van der Waals surface area contributed by atoms with Crippen molar-refractivity contribution in [3.8, 4) is 5.69 Å². The van der Waals surface area contributed by atoms with Gasteiger partial charge in [0.05, 0.1) is 4.92 Å². The van der Waals surface area contributed by atoms with Gasteiger partial charge in [0, 0.05) is 48.0 Å². The highest BCUT2D eigenvalue weighted by Crippen LogP contribution is 2.31. The zero-order chi connectivity index (χ0) is 19.4. The third kappa shape index (κ3) is 4.18. The fourth-order valence-electron chi connectivity index (χ4n) is 2.65. The van der Waals surface area contributed by atoms with Crippen molar-refractivity contribution in [2.45, 2.75) is 6.92 Å². The largest absolute Gasteiger partial charge is 0.350 e. The van der Waals surface area contributed by atoms with E-state index in [1.165, 1.54) is 25.1 Å². The van der Waals surface area contributed by atoms with Gasteiger partial charge in [-0.15, -0.1) is 0 Å². The number of hydrogen-bond acceptors (Lipinski definition) is 5. The molecule has 8 heteroatoms. The normalized spacial score (nSPS) is 10.3. The van der Waals surface area contributed by atoms with Crippen LogP contribution in [0.15, 0.2) is 60.9 Å². The Morgan fingerprint density at radius 1 is 1.11 bits per heavy atom. The number of nitro benzene ring substituents is 1. The lowest BCUT2D eigenvalue weighted by molar-refractivity contribution is -0.383. The number of aromatic nitrogens is 1. The minimum absolute atomic E-state index is 0.215. The molecule has 1 amide bonds. The molecule has 0 aliphatic carbocycles. The van der Waals surface area contributed by atoms with E-state index in [0.29, 0.717) is 17.7 Å². The molecule has 0 aliphatic heterocycles. The lowest BCUT2D eigenvalue weighted by Gasteiger charge is -2.13. The Kier molecular flexibility index (Phi) is 4.98. The fourth-order valence-corrected chi connectivity index (χ4v) is 2.65. The molecule has 27 heavy (non-hydrogen) atoms. The van der Waals surface area contributed by atoms with Gasteiger partial charge in [0.15, 0.2) is 0 Å². The topological polar surface area (TPSA) is 106 Å². The maximum Gasteiger partial charge on any atom is 0.293 e. The highest BCUT2D eigenvalue weighted by Gasteiger charge is 2.15. The third-order valence-electron chi connectivity index (χ3n) is 3.77. The molecule has 1 heterocycles. The number of rotatable bonds is 6. The molecule has 0 aliphatic rings. The third-order valence-corrected chi connectivity index (χ3v) is 3.77. The minimum atomic E-state index is -0.556. The van der Waals surface area contributed by atoms with Crippen molar-refractivity contribution in [3.05, 3.63) is 76.6 Å². The van der Waals surface area contributed by atoms with Crippen LogP contribution in [0.2, 0.25) is 0 Å². The zero-order valence-electron chi connectivity index (χ0n) is 14.4. The molecule has 0 unspecified atom stereocenters. The first kappa shape index (κ1) is 17.9. The van der Waals surface area contributed by atoms with Gasteiger partial charge in [0.25, 0.3) is 5.69 Å². The van der Waals surface area contributed by atoms with Crippen LogP contribution in [0.5, 0.6) is 0 Å². The van der Waals surface area contributed by atoms with Gasteiger partial charge < -0.3 is 15.2 Å². The van der Waals surface area contributed by atoms with E-state index in [4.69, 9.17) is 0 Å². The number of nitro groups is 1. The molecule has 0 bridgehead atoms. The van der Waals surface area contributed by atoms with Crippen molar-refractivity contribution in [1.82, 2.24) is 4.57 Å². The number of anilines is 3. The summed E-state index contributed by atoms with van der Waals surface area (Å²) in [6.07, 6.45) is 4.24. The molecule has 2 aromatic carbocycles. The summed E-state index contributed by atoms with van der Waals surface area (Å²) in [5.74, 6) is -0.230. The summed E-state index contributed by atoms with van der Waals surface area (Å²) < 4.78 is 1.85. The molecule has 0 saturated heterocycles. The highest BCUT2D eigenvalue weighted by molar-refractivity contribution is 5.90. The van der Waals surface area contributed by atoms with Crippen LogP contribution < -0.4 is 10.6 Å². The average Bonchev–Trinajstić information content (AvgIpc) is 3.16. The second kappa shape index (κ2) is 7.52. The SMILES string of the molecule is CC(=O)Nc1cc(Nc2ccc(C=O)cc2[N+](=O)[O-])cc(-n2cccc2)c1. The first-order valence-electron chi connectivity index (χ1n) is 8.03. The van der Waals surface area contributed by atoms with E-state index in [0.717, 1.165) is 5.69 Å². The Morgan fingerprint density at radius 3 is 2.44 bits per heavy atom. The molecule has 0 spiro atoms. The van der Waals surface area contributed by atoms with Crippen molar-refractivity contribution in [2.24, 2.45) is 0 Å². The van der Waals surface area contributed by atoms with Crippen molar-refractivity contribution in [2.75, 3.05) is 10.6 Å². The van der Waals surface area contributed by atoms with Crippen molar-refractivity contribution >= 4 is 34.9 Å². The van der Waals surface area contributed by atoms with E-state index >= 15 is 0 Å². The monoisotopic (exact) mass is 364 g/mol. The van der Waals surface area contributed by atoms with E-state index in [9.17, 15) is 19.7 Å². The zero-order valence-corrected chi connectivity index (χ0v) is 14.4. The van der Waals surface area contributed by atoms with E-state index in [1.54, 1.807) is 18.2 Å². The number of nitrogens with one attached hydrogen (secondary N) is 2. The number of nitrogens with zero attached hydrogens (tertiary/aromatic N) is 2. The van der Waals surface area contributed by atoms with Gasteiger partial charge in [-0.05, 0) is 42.5 Å². The number of amides is 1. The van der Waals surface area contributed by atoms with Crippen LogP contribution in [0.3, 0.4) is 0 Å². The number of carbonyl (C=O) groups excluding carboxylic acids is 2. The van der Waals surface area contributed by atoms with Crippen LogP contribution in [0.25, 0.3) is 5.69 Å². The van der Waals surface area contributed by atoms with Gasteiger partial charge in [-0.2, -0.15) is 0 Å². The number of aldehydes is 1. The molecule has 0 fully saturated rings. The number of carbonyl (C=O) groups is 2. The maximum atomic E-state index is 11.4. The first-order chi connectivity index (χ1) is 13.0. The molecule has 0 saturated carbocycles. The predicted molar refractivity (Wildman–Crippen MR) is 102 cm³/mol. The quantitative estimate of drug-likeness (QED) is 0.392. The molecule has 0 atom stereocenters. The summed E-state index contributed by atoms with van der Waals surface area (Å²) in [5.41, 5.74) is 2.10. The van der Waals surface area contributed by atoms with Crippen LogP contribution in [0.1, 0.15) is 17.3 Å². The average molecular weight is 364 g/mol. The Balaban J connectivity index is 2.04. The van der Waals surface area contributed by atoms with Gasteiger partial charge in [0.1, 0.15) is 12.0 Å². The van der Waals surface area contributed by atoms with Crippen molar-refractivity contribution in [1.29, 1.82) is 0 Å². The van der Waals surface area contributed by atoms with Crippen LogP contribution in [0.4, 0.5) is 22.7 Å². The van der Waals surface area contributed by atoms with Crippen LogP contribution >= 0.6 is 0 Å². The van der Waals surface area contributed by atoms with Gasteiger partial charge in [-0.3, -0.25) is 19.7 Å². The molecule has 2 N–H and O–H groups in total. The van der Waals surface area contributed by atoms with Crippen molar-refractivity contribution in [3.63, 3.8) is 0 Å². The second-order valence-corrected chi connectivity index (χ2v) is 5.82. The molecule has 8 nitrogen and oxygen atoms in total. The summed E-state index contributed by atoms with van der Waals surface area (Å²) in [6, 6.07) is 13.2. The Labute approximate surface area is 154 Å². The first-order valence-corrected chi connectivity index (χ1v) is 8.03. The Bertz CT molecular complexity index is 1010. The smallest absolute Gasteiger partial charge is 0.293 e. The number of benzene rings is 2. The predicted octanol–water partition coefficient (Wildman–Crippen LogP) is 3.90. The molecule has 1 aromatic heterocycles. The lowest BCUT2D eigenvalue weighted by atomic mass is 10.1. The minimum Gasteiger partial charge on any atom is -0.350 e. The summed E-state index contributed by atoms with van der Waals surface area (Å²) in [4.78, 5) is 33.1. The summed E-state index contributed by atoms with van der Waals surface area (Å²) >= 11 is 0. The molecular weight excluding hydrogens is 348 g/mol. The van der Waals surface area contributed by atoms with Gasteiger partial charge in [0.2, 0.25) is 5.91 Å². The lowest BCUT2D eigenvalue weighted by Crippen LogP contribution is -2.07. The van der Waals surface area contributed by atoms with E-state index in [-0.39, 0.29) is 22.8 Å². The summed E-state index contributed by atoms with van der Waals surface area (Å²) in [5, 5.41) is 17.1. The molecule has 136 valence electrons. The Hall–Kier alpha value is -3.94. The fraction of sp³-hybridized carbons (Fsp3) is 0.0526. The summed E-state index contributed by atoms with van der Waals surface area (Å²) in [6.45, 7) is 1.40. The van der Waals surface area contributed by atoms with E-state index in [2.05, 4.69) is 10.6 Å². The van der Waals surface area contributed by atoms with E-state index in [1.807, 2.05) is 29.1 Å². The summed E-state index contributed by atoms with van der Waals surface area (Å²) in [7, 11) is 0. The molecule has 3 aromatic rings. The van der Waals surface area contributed by atoms with Crippen LogP contribution in [-0.2, 0) is 4.79 Å². The van der Waals surface area contributed by atoms with E-state index < -0.39 is 4.92 Å².